The zero-order valence-corrected chi connectivity index (χ0v) is 12.9. The molecule has 22 heavy (non-hydrogen) atoms. The maximum Gasteiger partial charge on any atom is 0.324 e. The van der Waals surface area contributed by atoms with Crippen molar-refractivity contribution in [2.24, 2.45) is 7.05 Å². The lowest BCUT2D eigenvalue weighted by molar-refractivity contribution is -0.127. The second-order valence-electron chi connectivity index (χ2n) is 5.44. The van der Waals surface area contributed by atoms with E-state index in [1.807, 2.05) is 0 Å². The lowest BCUT2D eigenvalue weighted by Crippen LogP contribution is -2.49. The second-order valence-corrected chi connectivity index (χ2v) is 7.32. The molecule has 9 nitrogen and oxygen atoms in total. The first kappa shape index (κ1) is 15.0. The Kier molecular flexibility index (Phi) is 3.65. The van der Waals surface area contributed by atoms with Crippen molar-refractivity contribution in [1.29, 1.82) is 0 Å². The summed E-state index contributed by atoms with van der Waals surface area (Å²) in [6.07, 6.45) is 3.77. The third kappa shape index (κ3) is 2.48. The zero-order valence-electron chi connectivity index (χ0n) is 12.1. The molecule has 1 aromatic rings. The molecule has 3 amide bonds. The number of carbonyl (C=O) groups is 2. The number of piperidine rings is 1. The van der Waals surface area contributed by atoms with Crippen molar-refractivity contribution in [1.82, 2.24) is 24.1 Å². The van der Waals surface area contributed by atoms with Crippen LogP contribution in [0.3, 0.4) is 0 Å². The first-order valence-corrected chi connectivity index (χ1v) is 8.41. The van der Waals surface area contributed by atoms with Crippen LogP contribution in [-0.2, 0) is 21.9 Å². The van der Waals surface area contributed by atoms with Crippen LogP contribution in [0.4, 0.5) is 4.79 Å². The summed E-state index contributed by atoms with van der Waals surface area (Å²) < 4.78 is 27.8. The number of imide groups is 1. The van der Waals surface area contributed by atoms with Crippen molar-refractivity contribution in [2.45, 2.75) is 23.9 Å². The normalized spacial score (nSPS) is 21.4. The molecule has 2 saturated heterocycles. The quantitative estimate of drug-likeness (QED) is 0.726. The van der Waals surface area contributed by atoms with Gasteiger partial charge in [0.15, 0.2) is 5.03 Å². The lowest BCUT2D eigenvalue weighted by atomic mass is 10.1. The largest absolute Gasteiger partial charge is 0.339 e. The van der Waals surface area contributed by atoms with E-state index in [0.717, 1.165) is 0 Å². The molecule has 1 aromatic heterocycles. The summed E-state index contributed by atoms with van der Waals surface area (Å²) in [5.74, 6) is -0.254. The van der Waals surface area contributed by atoms with E-state index < -0.39 is 16.1 Å². The molecule has 0 aromatic carbocycles. The molecule has 2 fully saturated rings. The van der Waals surface area contributed by atoms with Crippen molar-refractivity contribution < 1.29 is 18.0 Å². The number of sulfonamides is 1. The van der Waals surface area contributed by atoms with Gasteiger partial charge in [0.25, 0.3) is 10.0 Å². The van der Waals surface area contributed by atoms with Crippen LogP contribution in [0.1, 0.15) is 12.8 Å². The topological polar surface area (TPSA) is 105 Å². The highest BCUT2D eigenvalue weighted by Crippen LogP contribution is 2.23. The molecule has 3 heterocycles. The van der Waals surface area contributed by atoms with E-state index in [4.69, 9.17) is 0 Å². The van der Waals surface area contributed by atoms with E-state index in [1.165, 1.54) is 21.7 Å². The molecule has 0 saturated carbocycles. The molecule has 0 atom stereocenters. The van der Waals surface area contributed by atoms with Crippen LogP contribution < -0.4 is 5.32 Å². The minimum absolute atomic E-state index is 0.0171. The van der Waals surface area contributed by atoms with Gasteiger partial charge in [0.05, 0.1) is 12.9 Å². The maximum absolute atomic E-state index is 12.4. The fraction of sp³-hybridized carbons (Fsp3) is 0.583. The van der Waals surface area contributed by atoms with Gasteiger partial charge >= 0.3 is 6.03 Å². The summed E-state index contributed by atoms with van der Waals surface area (Å²) in [4.78, 5) is 28.4. The van der Waals surface area contributed by atoms with Gasteiger partial charge in [0.1, 0.15) is 0 Å². The maximum atomic E-state index is 12.4. The van der Waals surface area contributed by atoms with Crippen molar-refractivity contribution in [3.05, 3.63) is 12.5 Å². The van der Waals surface area contributed by atoms with Gasteiger partial charge in [-0.25, -0.2) is 18.2 Å². The molecule has 0 spiro atoms. The van der Waals surface area contributed by atoms with Crippen LogP contribution in [0.25, 0.3) is 0 Å². The van der Waals surface area contributed by atoms with Crippen LogP contribution in [-0.4, -0.2) is 64.8 Å². The molecule has 0 bridgehead atoms. The summed E-state index contributed by atoms with van der Waals surface area (Å²) in [6.45, 7) is 0.548. The average Bonchev–Trinajstić information content (AvgIpc) is 3.06. The molecule has 10 heteroatoms. The van der Waals surface area contributed by atoms with Gasteiger partial charge in [0.2, 0.25) is 5.91 Å². The summed E-state index contributed by atoms with van der Waals surface area (Å²) in [6, 6.07) is -0.638. The number of urea groups is 1. The summed E-state index contributed by atoms with van der Waals surface area (Å²) in [5, 5.41) is 2.50. The number of rotatable bonds is 3. The molecule has 3 rings (SSSR count). The number of aryl methyl sites for hydroxylation is 1. The third-order valence-corrected chi connectivity index (χ3v) is 5.74. The molecule has 1 N–H and O–H groups in total. The van der Waals surface area contributed by atoms with E-state index in [9.17, 15) is 18.0 Å². The van der Waals surface area contributed by atoms with Crippen LogP contribution >= 0.6 is 0 Å². The standard InChI is InChI=1S/C12H17N5O4S/c1-15-7-10(14-8-15)22(20,21)16-4-2-9(3-5-16)17-11(18)6-13-12(17)19/h7-9H,2-6H2,1H3,(H,13,19). The van der Waals surface area contributed by atoms with Crippen molar-refractivity contribution >= 4 is 22.0 Å². The molecule has 120 valence electrons. The number of amides is 3. The number of nitrogens with one attached hydrogen (secondary N) is 1. The van der Waals surface area contributed by atoms with Gasteiger partial charge in [0, 0.05) is 32.4 Å². The van der Waals surface area contributed by atoms with Gasteiger partial charge < -0.3 is 9.88 Å². The second kappa shape index (κ2) is 5.36. The molecule has 0 radical (unpaired) electrons. The Morgan fingerprint density at radius 3 is 2.45 bits per heavy atom. The minimum atomic E-state index is -3.62. The minimum Gasteiger partial charge on any atom is -0.339 e. The monoisotopic (exact) mass is 327 g/mol. The molecule has 2 aliphatic rings. The highest BCUT2D eigenvalue weighted by atomic mass is 32.2. The van der Waals surface area contributed by atoms with Gasteiger partial charge in [-0.1, -0.05) is 0 Å². The Hall–Kier alpha value is -1.94. The first-order chi connectivity index (χ1) is 10.4. The fourth-order valence-corrected chi connectivity index (χ4v) is 4.24. The molecular weight excluding hydrogens is 310 g/mol. The Bertz CT molecular complexity index is 689. The highest BCUT2D eigenvalue weighted by molar-refractivity contribution is 7.89. The van der Waals surface area contributed by atoms with E-state index >= 15 is 0 Å². The van der Waals surface area contributed by atoms with Gasteiger partial charge in [-0.3, -0.25) is 9.69 Å². The van der Waals surface area contributed by atoms with Crippen LogP contribution in [0.2, 0.25) is 0 Å². The van der Waals surface area contributed by atoms with E-state index in [2.05, 4.69) is 10.3 Å². The van der Waals surface area contributed by atoms with E-state index in [1.54, 1.807) is 11.6 Å². The molecule has 2 aliphatic heterocycles. The molecule has 0 aliphatic carbocycles. The summed E-state index contributed by atoms with van der Waals surface area (Å²) in [5.41, 5.74) is 0. The smallest absolute Gasteiger partial charge is 0.324 e. The predicted octanol–water partition coefficient (Wildman–Crippen LogP) is -0.875. The number of imidazole rings is 1. The van der Waals surface area contributed by atoms with Crippen molar-refractivity contribution in [3.8, 4) is 0 Å². The molecular formula is C12H17N5O4S. The number of hydrogen-bond donors (Lipinski definition) is 1. The lowest BCUT2D eigenvalue weighted by Gasteiger charge is -2.34. The Morgan fingerprint density at radius 1 is 1.27 bits per heavy atom. The van der Waals surface area contributed by atoms with Crippen LogP contribution in [0.5, 0.6) is 0 Å². The van der Waals surface area contributed by atoms with Crippen LogP contribution in [0.15, 0.2) is 17.6 Å². The van der Waals surface area contributed by atoms with Gasteiger partial charge in [-0.05, 0) is 12.8 Å². The average molecular weight is 327 g/mol. The van der Waals surface area contributed by atoms with Gasteiger partial charge in [-0.15, -0.1) is 0 Å². The summed E-state index contributed by atoms with van der Waals surface area (Å²) >= 11 is 0. The number of nitrogens with zero attached hydrogens (tertiary/aromatic N) is 4. The van der Waals surface area contributed by atoms with Crippen LogP contribution in [0, 0.1) is 0 Å². The predicted molar refractivity (Wildman–Crippen MR) is 75.2 cm³/mol. The Balaban J connectivity index is 1.69. The number of hydrogen-bond acceptors (Lipinski definition) is 5. The van der Waals surface area contributed by atoms with E-state index in [0.29, 0.717) is 12.8 Å². The van der Waals surface area contributed by atoms with Crippen molar-refractivity contribution in [2.75, 3.05) is 19.6 Å². The third-order valence-electron chi connectivity index (χ3n) is 3.95. The first-order valence-electron chi connectivity index (χ1n) is 6.97. The molecule has 0 unspecified atom stereocenters. The number of carbonyl (C=O) groups excluding carboxylic acids is 2. The van der Waals surface area contributed by atoms with Crippen molar-refractivity contribution in [3.63, 3.8) is 0 Å². The SMILES string of the molecule is Cn1cnc(S(=O)(=O)N2CCC(N3C(=O)CNC3=O)CC2)c1. The fourth-order valence-electron chi connectivity index (χ4n) is 2.80. The summed E-state index contributed by atoms with van der Waals surface area (Å²) in [7, 11) is -1.91. The highest BCUT2D eigenvalue weighted by Gasteiger charge is 2.39. The Morgan fingerprint density at radius 2 is 1.95 bits per heavy atom. The van der Waals surface area contributed by atoms with E-state index in [-0.39, 0.29) is 36.6 Å². The zero-order chi connectivity index (χ0) is 15.9. The number of aromatic nitrogens is 2. The van der Waals surface area contributed by atoms with Gasteiger partial charge in [-0.2, -0.15) is 4.31 Å². The Labute approximate surface area is 127 Å².